The van der Waals surface area contributed by atoms with Crippen molar-refractivity contribution in [1.29, 1.82) is 0 Å². The predicted octanol–water partition coefficient (Wildman–Crippen LogP) is 3.73. The Morgan fingerprint density at radius 3 is 2.33 bits per heavy atom. The molecule has 0 saturated carbocycles. The number of carbonyl (C=O) groups is 1. The van der Waals surface area contributed by atoms with E-state index in [2.05, 4.69) is 15.9 Å². The molecule has 0 radical (unpaired) electrons. The number of rotatable bonds is 8. The largest absolute Gasteiger partial charge is 0.490 e. The van der Waals surface area contributed by atoms with E-state index in [-0.39, 0.29) is 11.9 Å². The minimum atomic E-state index is 0.00783. The maximum absolute atomic E-state index is 12.6. The molecule has 0 aliphatic rings. The van der Waals surface area contributed by atoms with E-state index in [1.54, 1.807) is 18.2 Å². The van der Waals surface area contributed by atoms with E-state index in [4.69, 9.17) is 9.47 Å². The second-order valence-electron chi connectivity index (χ2n) is 4.81. The molecule has 0 fully saturated rings. The highest BCUT2D eigenvalue weighted by atomic mass is 79.9. The van der Waals surface area contributed by atoms with E-state index >= 15 is 0 Å². The van der Waals surface area contributed by atoms with Gasteiger partial charge in [-0.25, -0.2) is 0 Å². The minimum absolute atomic E-state index is 0.00783. The fourth-order valence-corrected chi connectivity index (χ4v) is 2.42. The van der Waals surface area contributed by atoms with E-state index in [9.17, 15) is 4.79 Å². The Morgan fingerprint density at radius 1 is 1.19 bits per heavy atom. The number of halogens is 1. The normalized spacial score (nSPS) is 10.6. The second-order valence-corrected chi connectivity index (χ2v) is 5.60. The topological polar surface area (TPSA) is 38.8 Å². The Morgan fingerprint density at radius 2 is 1.81 bits per heavy atom. The molecule has 1 amide bonds. The minimum Gasteiger partial charge on any atom is -0.490 e. The van der Waals surface area contributed by atoms with Crippen molar-refractivity contribution in [1.82, 2.24) is 4.90 Å². The quantitative estimate of drug-likeness (QED) is 0.665. The van der Waals surface area contributed by atoms with E-state index in [0.29, 0.717) is 36.8 Å². The third-order valence-electron chi connectivity index (χ3n) is 3.00. The van der Waals surface area contributed by atoms with Gasteiger partial charge in [0, 0.05) is 23.5 Å². The molecule has 1 aromatic rings. The van der Waals surface area contributed by atoms with Gasteiger partial charge in [-0.05, 0) is 45.9 Å². The molecule has 1 aromatic carbocycles. The number of alkyl halides is 1. The summed E-state index contributed by atoms with van der Waals surface area (Å²) in [6.07, 6.45) is 0. The highest BCUT2D eigenvalue weighted by molar-refractivity contribution is 9.09. The van der Waals surface area contributed by atoms with Gasteiger partial charge in [-0.1, -0.05) is 15.9 Å². The van der Waals surface area contributed by atoms with Gasteiger partial charge in [-0.2, -0.15) is 0 Å². The maximum Gasteiger partial charge on any atom is 0.254 e. The van der Waals surface area contributed by atoms with Crippen LogP contribution in [0.2, 0.25) is 0 Å². The highest BCUT2D eigenvalue weighted by Crippen LogP contribution is 2.29. The summed E-state index contributed by atoms with van der Waals surface area (Å²) < 4.78 is 11.1. The van der Waals surface area contributed by atoms with Crippen molar-refractivity contribution in [2.75, 3.05) is 25.1 Å². The molecule has 1 rings (SSSR count). The Kier molecular flexibility index (Phi) is 7.57. The molecule has 0 aromatic heterocycles. The van der Waals surface area contributed by atoms with Crippen molar-refractivity contribution < 1.29 is 14.3 Å². The van der Waals surface area contributed by atoms with Crippen LogP contribution in [0.4, 0.5) is 0 Å². The van der Waals surface area contributed by atoms with Crippen LogP contribution in [0.1, 0.15) is 38.1 Å². The number of hydrogen-bond donors (Lipinski definition) is 0. The lowest BCUT2D eigenvalue weighted by Gasteiger charge is -2.26. The van der Waals surface area contributed by atoms with Crippen LogP contribution in [-0.4, -0.2) is 41.9 Å². The number of ether oxygens (including phenoxy) is 2. The van der Waals surface area contributed by atoms with Crippen molar-refractivity contribution in [2.45, 2.75) is 33.7 Å². The lowest BCUT2D eigenvalue weighted by Crippen LogP contribution is -2.38. The summed E-state index contributed by atoms with van der Waals surface area (Å²) >= 11 is 3.39. The zero-order valence-corrected chi connectivity index (χ0v) is 14.8. The Labute approximate surface area is 135 Å². The van der Waals surface area contributed by atoms with Crippen LogP contribution in [-0.2, 0) is 0 Å². The van der Waals surface area contributed by atoms with Crippen LogP contribution < -0.4 is 9.47 Å². The Balaban J connectivity index is 3.06. The first-order valence-corrected chi connectivity index (χ1v) is 8.43. The van der Waals surface area contributed by atoms with Crippen molar-refractivity contribution in [3.63, 3.8) is 0 Å². The molecule has 0 aliphatic carbocycles. The van der Waals surface area contributed by atoms with Gasteiger partial charge < -0.3 is 14.4 Å². The molecule has 5 heteroatoms. The molecular formula is C16H24BrNO3. The van der Waals surface area contributed by atoms with Crippen LogP contribution in [0.15, 0.2) is 18.2 Å². The molecule has 0 atom stereocenters. The van der Waals surface area contributed by atoms with E-state index < -0.39 is 0 Å². The molecule has 0 saturated heterocycles. The standard InChI is InChI=1S/C16H24BrNO3/c1-5-20-14-8-7-13(11-15(14)21-6-2)16(19)18(10-9-17)12(3)4/h7-8,11-12H,5-6,9-10H2,1-4H3. The molecule has 21 heavy (non-hydrogen) atoms. The number of carbonyl (C=O) groups excluding carboxylic acids is 1. The average Bonchev–Trinajstić information content (AvgIpc) is 2.46. The van der Waals surface area contributed by atoms with Crippen LogP contribution in [0.5, 0.6) is 11.5 Å². The number of amides is 1. The Bertz CT molecular complexity index is 463. The monoisotopic (exact) mass is 357 g/mol. The molecule has 0 bridgehead atoms. The summed E-state index contributed by atoms with van der Waals surface area (Å²) in [5, 5.41) is 0.756. The summed E-state index contributed by atoms with van der Waals surface area (Å²) in [4.78, 5) is 14.4. The predicted molar refractivity (Wildman–Crippen MR) is 88.7 cm³/mol. The first-order chi connectivity index (χ1) is 10.0. The van der Waals surface area contributed by atoms with Crippen LogP contribution in [0.25, 0.3) is 0 Å². The summed E-state index contributed by atoms with van der Waals surface area (Å²) in [7, 11) is 0. The lowest BCUT2D eigenvalue weighted by molar-refractivity contribution is 0.0719. The zero-order valence-electron chi connectivity index (χ0n) is 13.2. The highest BCUT2D eigenvalue weighted by Gasteiger charge is 2.19. The number of nitrogens with zero attached hydrogens (tertiary/aromatic N) is 1. The van der Waals surface area contributed by atoms with Crippen LogP contribution in [0, 0.1) is 0 Å². The van der Waals surface area contributed by atoms with Gasteiger partial charge in [0.2, 0.25) is 0 Å². The second kappa shape index (κ2) is 8.93. The van der Waals surface area contributed by atoms with Crippen molar-refractivity contribution in [2.24, 2.45) is 0 Å². The van der Waals surface area contributed by atoms with Gasteiger partial charge in [-0.3, -0.25) is 4.79 Å². The summed E-state index contributed by atoms with van der Waals surface area (Å²) in [6, 6.07) is 5.51. The SMILES string of the molecule is CCOc1ccc(C(=O)N(CCBr)C(C)C)cc1OCC. The third kappa shape index (κ3) is 4.92. The molecule has 0 unspecified atom stereocenters. The first kappa shape index (κ1) is 17.8. The molecule has 0 N–H and O–H groups in total. The fraction of sp³-hybridized carbons (Fsp3) is 0.562. The fourth-order valence-electron chi connectivity index (χ4n) is 2.04. The van der Waals surface area contributed by atoms with Gasteiger partial charge in [0.25, 0.3) is 5.91 Å². The van der Waals surface area contributed by atoms with Gasteiger partial charge in [0.15, 0.2) is 11.5 Å². The van der Waals surface area contributed by atoms with Crippen LogP contribution >= 0.6 is 15.9 Å². The van der Waals surface area contributed by atoms with Crippen molar-refractivity contribution >= 4 is 21.8 Å². The molecule has 118 valence electrons. The van der Waals surface area contributed by atoms with Crippen molar-refractivity contribution in [3.05, 3.63) is 23.8 Å². The first-order valence-electron chi connectivity index (χ1n) is 7.31. The smallest absolute Gasteiger partial charge is 0.254 e. The van der Waals surface area contributed by atoms with E-state index in [1.165, 1.54) is 0 Å². The van der Waals surface area contributed by atoms with Crippen molar-refractivity contribution in [3.8, 4) is 11.5 Å². The molecule has 0 aliphatic heterocycles. The molecule has 4 nitrogen and oxygen atoms in total. The molecule has 0 spiro atoms. The number of hydrogen-bond acceptors (Lipinski definition) is 3. The van der Waals surface area contributed by atoms with Gasteiger partial charge in [0.1, 0.15) is 0 Å². The summed E-state index contributed by atoms with van der Waals surface area (Å²) in [5.74, 6) is 1.30. The molecular weight excluding hydrogens is 334 g/mol. The third-order valence-corrected chi connectivity index (χ3v) is 3.35. The number of benzene rings is 1. The van der Waals surface area contributed by atoms with Gasteiger partial charge in [-0.15, -0.1) is 0 Å². The summed E-state index contributed by atoms with van der Waals surface area (Å²) in [6.45, 7) is 9.63. The van der Waals surface area contributed by atoms with Crippen LogP contribution in [0.3, 0.4) is 0 Å². The van der Waals surface area contributed by atoms with E-state index in [1.807, 2.05) is 32.6 Å². The van der Waals surface area contributed by atoms with Gasteiger partial charge in [0.05, 0.1) is 13.2 Å². The maximum atomic E-state index is 12.6. The molecule has 0 heterocycles. The lowest BCUT2D eigenvalue weighted by atomic mass is 10.1. The average molecular weight is 358 g/mol. The van der Waals surface area contributed by atoms with E-state index in [0.717, 1.165) is 5.33 Å². The Hall–Kier alpha value is -1.23. The summed E-state index contributed by atoms with van der Waals surface area (Å²) in [5.41, 5.74) is 0.622. The van der Waals surface area contributed by atoms with Gasteiger partial charge >= 0.3 is 0 Å². The zero-order chi connectivity index (χ0) is 15.8.